The molecule has 0 saturated heterocycles. The zero-order chi connectivity index (χ0) is 16.2. The molecule has 0 aliphatic rings. The Hall–Kier alpha value is -2.46. The molecule has 23 heavy (non-hydrogen) atoms. The van der Waals surface area contributed by atoms with Crippen molar-refractivity contribution in [1.29, 1.82) is 0 Å². The predicted octanol–water partition coefficient (Wildman–Crippen LogP) is 3.28. The highest BCUT2D eigenvalue weighted by atomic mass is 16.3. The smallest absolute Gasteiger partial charge is 0.253 e. The van der Waals surface area contributed by atoms with E-state index in [4.69, 9.17) is 5.11 Å². The van der Waals surface area contributed by atoms with E-state index in [1.165, 1.54) is 0 Å². The lowest BCUT2D eigenvalue weighted by Crippen LogP contribution is -2.32. The van der Waals surface area contributed by atoms with Crippen molar-refractivity contribution < 1.29 is 9.90 Å². The molecule has 0 spiro atoms. The SMILES string of the molecule is CC(CCCO)NC(=O)c1cc2ccccc2c2cccnc12. The van der Waals surface area contributed by atoms with Gasteiger partial charge in [-0.3, -0.25) is 9.78 Å². The summed E-state index contributed by atoms with van der Waals surface area (Å²) >= 11 is 0. The number of pyridine rings is 1. The second kappa shape index (κ2) is 6.75. The molecule has 3 rings (SSSR count). The van der Waals surface area contributed by atoms with Crippen molar-refractivity contribution in [2.45, 2.75) is 25.8 Å². The van der Waals surface area contributed by atoms with Crippen LogP contribution in [-0.4, -0.2) is 28.6 Å². The molecule has 2 aromatic carbocycles. The van der Waals surface area contributed by atoms with Crippen LogP contribution >= 0.6 is 0 Å². The normalized spacial score (nSPS) is 12.4. The summed E-state index contributed by atoms with van der Waals surface area (Å²) in [6, 6.07) is 13.8. The van der Waals surface area contributed by atoms with Crippen molar-refractivity contribution in [1.82, 2.24) is 10.3 Å². The van der Waals surface area contributed by atoms with Gasteiger partial charge >= 0.3 is 0 Å². The van der Waals surface area contributed by atoms with Gasteiger partial charge in [-0.15, -0.1) is 0 Å². The number of aliphatic hydroxyl groups excluding tert-OH is 1. The molecular weight excluding hydrogens is 288 g/mol. The van der Waals surface area contributed by atoms with E-state index in [-0.39, 0.29) is 18.6 Å². The fraction of sp³-hybridized carbons (Fsp3) is 0.263. The molecule has 0 fully saturated rings. The van der Waals surface area contributed by atoms with Crippen LogP contribution in [0.5, 0.6) is 0 Å². The number of carbonyl (C=O) groups is 1. The number of benzene rings is 2. The molecule has 0 aliphatic heterocycles. The minimum atomic E-state index is -0.120. The van der Waals surface area contributed by atoms with Crippen molar-refractivity contribution in [3.05, 3.63) is 54.2 Å². The third kappa shape index (κ3) is 3.17. The maximum Gasteiger partial charge on any atom is 0.253 e. The summed E-state index contributed by atoms with van der Waals surface area (Å²) in [7, 11) is 0. The van der Waals surface area contributed by atoms with Gasteiger partial charge in [0.1, 0.15) is 0 Å². The molecule has 118 valence electrons. The molecule has 4 heteroatoms. The van der Waals surface area contributed by atoms with E-state index < -0.39 is 0 Å². The van der Waals surface area contributed by atoms with Crippen LogP contribution in [-0.2, 0) is 0 Å². The summed E-state index contributed by atoms with van der Waals surface area (Å²) in [5.74, 6) is -0.120. The summed E-state index contributed by atoms with van der Waals surface area (Å²) in [6.07, 6.45) is 3.14. The largest absolute Gasteiger partial charge is 0.396 e. The average Bonchev–Trinajstić information content (AvgIpc) is 2.59. The van der Waals surface area contributed by atoms with Crippen molar-refractivity contribution in [3.8, 4) is 0 Å². The first-order valence-electron chi connectivity index (χ1n) is 7.89. The molecule has 4 nitrogen and oxygen atoms in total. The van der Waals surface area contributed by atoms with Gasteiger partial charge in [0.25, 0.3) is 5.91 Å². The van der Waals surface area contributed by atoms with Crippen molar-refractivity contribution in [2.75, 3.05) is 6.61 Å². The molecule has 0 saturated carbocycles. The van der Waals surface area contributed by atoms with Crippen molar-refractivity contribution in [3.63, 3.8) is 0 Å². The summed E-state index contributed by atoms with van der Waals surface area (Å²) < 4.78 is 0. The monoisotopic (exact) mass is 308 g/mol. The molecule has 2 N–H and O–H groups in total. The van der Waals surface area contributed by atoms with E-state index in [0.717, 1.165) is 28.1 Å². The average molecular weight is 308 g/mol. The molecule has 0 bridgehead atoms. The summed E-state index contributed by atoms with van der Waals surface area (Å²) in [6.45, 7) is 2.09. The number of carbonyl (C=O) groups excluding carboxylic acids is 1. The number of rotatable bonds is 5. The Bertz CT molecular complexity index is 845. The lowest BCUT2D eigenvalue weighted by Gasteiger charge is -2.15. The van der Waals surface area contributed by atoms with Crippen LogP contribution in [0, 0.1) is 0 Å². The number of hydrogen-bond donors (Lipinski definition) is 2. The van der Waals surface area contributed by atoms with Crippen LogP contribution in [0.25, 0.3) is 21.7 Å². The first kappa shape index (κ1) is 15.4. The Labute approximate surface area is 135 Å². The molecule has 1 atom stereocenters. The fourth-order valence-corrected chi connectivity index (χ4v) is 2.87. The predicted molar refractivity (Wildman–Crippen MR) is 92.5 cm³/mol. The maximum atomic E-state index is 12.7. The van der Waals surface area contributed by atoms with Gasteiger partial charge in [-0.05, 0) is 42.7 Å². The van der Waals surface area contributed by atoms with Crippen LogP contribution in [0.3, 0.4) is 0 Å². The molecule has 0 aliphatic carbocycles. The Morgan fingerprint density at radius 2 is 2.00 bits per heavy atom. The van der Waals surface area contributed by atoms with Gasteiger partial charge in [-0.2, -0.15) is 0 Å². The maximum absolute atomic E-state index is 12.7. The van der Waals surface area contributed by atoms with E-state index >= 15 is 0 Å². The van der Waals surface area contributed by atoms with Gasteiger partial charge in [-0.1, -0.05) is 30.3 Å². The molecular formula is C19H20N2O2. The van der Waals surface area contributed by atoms with Crippen molar-refractivity contribution in [2.24, 2.45) is 0 Å². The highest BCUT2D eigenvalue weighted by Gasteiger charge is 2.15. The summed E-state index contributed by atoms with van der Waals surface area (Å²) in [4.78, 5) is 17.1. The molecule has 1 unspecified atom stereocenters. The van der Waals surface area contributed by atoms with E-state index in [1.54, 1.807) is 6.20 Å². The van der Waals surface area contributed by atoms with Gasteiger partial charge in [0.15, 0.2) is 0 Å². The number of nitrogens with one attached hydrogen (secondary N) is 1. The third-order valence-corrected chi connectivity index (χ3v) is 4.03. The van der Waals surface area contributed by atoms with E-state index in [0.29, 0.717) is 12.0 Å². The third-order valence-electron chi connectivity index (χ3n) is 4.03. The van der Waals surface area contributed by atoms with Gasteiger partial charge < -0.3 is 10.4 Å². The lowest BCUT2D eigenvalue weighted by atomic mass is 10.00. The van der Waals surface area contributed by atoms with Crippen LogP contribution in [0.2, 0.25) is 0 Å². The Kier molecular flexibility index (Phi) is 4.53. The van der Waals surface area contributed by atoms with E-state index in [2.05, 4.69) is 10.3 Å². The molecule has 0 radical (unpaired) electrons. The second-order valence-electron chi connectivity index (χ2n) is 5.79. The number of amides is 1. The number of hydrogen-bond acceptors (Lipinski definition) is 3. The summed E-state index contributed by atoms with van der Waals surface area (Å²) in [5.41, 5.74) is 1.31. The minimum Gasteiger partial charge on any atom is -0.396 e. The van der Waals surface area contributed by atoms with Gasteiger partial charge in [0.2, 0.25) is 0 Å². The Morgan fingerprint density at radius 1 is 1.22 bits per heavy atom. The second-order valence-corrected chi connectivity index (χ2v) is 5.79. The topological polar surface area (TPSA) is 62.2 Å². The summed E-state index contributed by atoms with van der Waals surface area (Å²) in [5, 5.41) is 15.0. The van der Waals surface area contributed by atoms with Crippen LogP contribution < -0.4 is 5.32 Å². The van der Waals surface area contributed by atoms with Crippen LogP contribution in [0.1, 0.15) is 30.1 Å². The van der Waals surface area contributed by atoms with Crippen LogP contribution in [0.4, 0.5) is 0 Å². The Balaban J connectivity index is 2.03. The van der Waals surface area contributed by atoms with E-state index in [1.807, 2.05) is 49.4 Å². The standard InChI is InChI=1S/C19H20N2O2/c1-13(6-5-11-22)21-19(23)17-12-14-7-2-3-8-15(14)16-9-4-10-20-18(16)17/h2-4,7-10,12-13,22H,5-6,11H2,1H3,(H,21,23). The number of nitrogens with zero attached hydrogens (tertiary/aromatic N) is 1. The van der Waals surface area contributed by atoms with Gasteiger partial charge in [0, 0.05) is 24.2 Å². The molecule has 3 aromatic rings. The van der Waals surface area contributed by atoms with E-state index in [9.17, 15) is 4.79 Å². The first-order chi connectivity index (χ1) is 11.2. The van der Waals surface area contributed by atoms with Crippen LogP contribution in [0.15, 0.2) is 48.7 Å². The zero-order valence-corrected chi connectivity index (χ0v) is 13.1. The number of fused-ring (bicyclic) bond motifs is 3. The van der Waals surface area contributed by atoms with Gasteiger partial charge in [-0.25, -0.2) is 0 Å². The first-order valence-corrected chi connectivity index (χ1v) is 7.89. The molecule has 1 amide bonds. The zero-order valence-electron chi connectivity index (χ0n) is 13.1. The minimum absolute atomic E-state index is 0.0138. The quantitative estimate of drug-likeness (QED) is 0.711. The molecule has 1 aromatic heterocycles. The number of aliphatic hydroxyl groups is 1. The highest BCUT2D eigenvalue weighted by Crippen LogP contribution is 2.27. The fourth-order valence-electron chi connectivity index (χ4n) is 2.87. The van der Waals surface area contributed by atoms with Crippen molar-refractivity contribution >= 4 is 27.6 Å². The lowest BCUT2D eigenvalue weighted by molar-refractivity contribution is 0.0938. The Morgan fingerprint density at radius 3 is 2.83 bits per heavy atom. The van der Waals surface area contributed by atoms with Gasteiger partial charge in [0.05, 0.1) is 11.1 Å². The number of aromatic nitrogens is 1. The molecule has 1 heterocycles. The highest BCUT2D eigenvalue weighted by molar-refractivity contribution is 6.15.